The first kappa shape index (κ1) is 30.4. The van der Waals surface area contributed by atoms with Crippen LogP contribution in [0, 0.1) is 0 Å². The Labute approximate surface area is 210 Å². The van der Waals surface area contributed by atoms with E-state index in [1.165, 1.54) is 0 Å². The molecule has 0 heterocycles. The summed E-state index contributed by atoms with van der Waals surface area (Å²) < 4.78 is 10.1. The maximum atomic E-state index is 12.3. The molecular weight excluding hydrogens is 472 g/mol. The van der Waals surface area contributed by atoms with E-state index in [1.807, 2.05) is 6.07 Å². The van der Waals surface area contributed by atoms with Gasteiger partial charge >= 0.3 is 12.1 Å². The van der Waals surface area contributed by atoms with Gasteiger partial charge in [0.1, 0.15) is 25.3 Å². The van der Waals surface area contributed by atoms with Gasteiger partial charge in [0.25, 0.3) is 5.91 Å². The molecule has 1 rings (SSSR count). The zero-order valence-electron chi connectivity index (χ0n) is 21.1. The Morgan fingerprint density at radius 3 is 2.17 bits per heavy atom. The van der Waals surface area contributed by atoms with Crippen LogP contribution in [0.15, 0.2) is 30.3 Å². The number of aliphatic hydroxyl groups is 1. The molecule has 2 unspecified atom stereocenters. The highest BCUT2D eigenvalue weighted by Gasteiger charge is 2.27. The molecule has 200 valence electrons. The van der Waals surface area contributed by atoms with Crippen molar-refractivity contribution in [2.24, 2.45) is 0 Å². The van der Waals surface area contributed by atoms with Crippen molar-refractivity contribution in [3.8, 4) is 0 Å². The Bertz CT molecular complexity index is 886. The van der Waals surface area contributed by atoms with Crippen LogP contribution in [0.1, 0.15) is 46.1 Å². The normalized spacial score (nSPS) is 12.5. The van der Waals surface area contributed by atoms with Crippen molar-refractivity contribution in [3.63, 3.8) is 0 Å². The van der Waals surface area contributed by atoms with Gasteiger partial charge in [0.2, 0.25) is 11.8 Å². The van der Waals surface area contributed by atoms with Crippen LogP contribution < -0.4 is 21.3 Å². The first-order valence-electron chi connectivity index (χ1n) is 11.6. The van der Waals surface area contributed by atoms with Gasteiger partial charge in [-0.2, -0.15) is 0 Å². The van der Waals surface area contributed by atoms with Gasteiger partial charge in [-0.15, -0.1) is 0 Å². The molecule has 0 radical (unpaired) electrons. The van der Waals surface area contributed by atoms with Crippen molar-refractivity contribution in [2.75, 3.05) is 19.6 Å². The third kappa shape index (κ3) is 13.3. The molecule has 0 saturated carbocycles. The second-order valence-electron chi connectivity index (χ2n) is 8.90. The van der Waals surface area contributed by atoms with Gasteiger partial charge in [-0.1, -0.05) is 43.7 Å². The van der Waals surface area contributed by atoms with Crippen molar-refractivity contribution in [1.82, 2.24) is 21.3 Å². The summed E-state index contributed by atoms with van der Waals surface area (Å²) in [5.74, 6) is -2.82. The molecule has 36 heavy (non-hydrogen) atoms. The van der Waals surface area contributed by atoms with Gasteiger partial charge in [-0.3, -0.25) is 19.2 Å². The molecule has 0 aromatic heterocycles. The first-order valence-corrected chi connectivity index (χ1v) is 11.6. The standard InChI is InChI=1S/C24H36N4O8/c1-5-9-17(28-19(30)13-27-23(34)36-24(2,3)4)21(32)22(33)26-12-18(29)25-14-20(31)35-15-16-10-7-6-8-11-16/h6-8,10-11,17,21,32H,5,9,12-15H2,1-4H3,(H,25,29)(H,26,33)(H,27,34)(H,28,30). The molecule has 2 atom stereocenters. The summed E-state index contributed by atoms with van der Waals surface area (Å²) in [6.45, 7) is 5.61. The maximum absolute atomic E-state index is 12.3. The summed E-state index contributed by atoms with van der Waals surface area (Å²) in [7, 11) is 0. The van der Waals surface area contributed by atoms with Crippen molar-refractivity contribution < 1.29 is 38.6 Å². The summed E-state index contributed by atoms with van der Waals surface area (Å²) in [5.41, 5.74) is 0.0710. The largest absolute Gasteiger partial charge is 0.460 e. The lowest BCUT2D eigenvalue weighted by atomic mass is 10.0. The van der Waals surface area contributed by atoms with E-state index in [-0.39, 0.29) is 19.6 Å². The fraction of sp³-hybridized carbons (Fsp3) is 0.542. The number of hydrogen-bond donors (Lipinski definition) is 5. The Hall–Kier alpha value is -3.67. The highest BCUT2D eigenvalue weighted by Crippen LogP contribution is 2.06. The topological polar surface area (TPSA) is 172 Å². The Kier molecular flexibility index (Phi) is 12.9. The molecule has 1 aromatic rings. The summed E-state index contributed by atoms with van der Waals surface area (Å²) >= 11 is 0. The van der Waals surface area contributed by atoms with E-state index in [9.17, 15) is 29.1 Å². The zero-order valence-corrected chi connectivity index (χ0v) is 21.1. The van der Waals surface area contributed by atoms with Gasteiger partial charge in [0.15, 0.2) is 6.10 Å². The molecular formula is C24H36N4O8. The molecule has 12 nitrogen and oxygen atoms in total. The van der Waals surface area contributed by atoms with E-state index >= 15 is 0 Å². The molecule has 0 aliphatic heterocycles. The molecule has 0 aliphatic carbocycles. The smallest absolute Gasteiger partial charge is 0.408 e. The van der Waals surface area contributed by atoms with Crippen LogP contribution >= 0.6 is 0 Å². The SMILES string of the molecule is CCCC(NC(=O)CNC(=O)OC(C)(C)C)C(O)C(=O)NCC(=O)NCC(=O)OCc1ccccc1. The second-order valence-corrected chi connectivity index (χ2v) is 8.90. The average Bonchev–Trinajstić information content (AvgIpc) is 2.82. The zero-order chi connectivity index (χ0) is 27.1. The summed E-state index contributed by atoms with van der Waals surface area (Å²) in [5, 5.41) is 19.7. The van der Waals surface area contributed by atoms with Crippen LogP contribution in [0.4, 0.5) is 4.79 Å². The van der Waals surface area contributed by atoms with E-state index in [4.69, 9.17) is 9.47 Å². The second kappa shape index (κ2) is 15.4. The number of rotatable bonds is 13. The number of benzene rings is 1. The minimum Gasteiger partial charge on any atom is -0.460 e. The fourth-order valence-electron chi connectivity index (χ4n) is 2.82. The molecule has 0 aliphatic rings. The lowest BCUT2D eigenvalue weighted by Gasteiger charge is -2.24. The van der Waals surface area contributed by atoms with Crippen LogP contribution in [0.3, 0.4) is 0 Å². The highest BCUT2D eigenvalue weighted by molar-refractivity contribution is 5.89. The number of amides is 4. The van der Waals surface area contributed by atoms with E-state index in [1.54, 1.807) is 52.0 Å². The Morgan fingerprint density at radius 1 is 0.917 bits per heavy atom. The van der Waals surface area contributed by atoms with Crippen molar-refractivity contribution in [3.05, 3.63) is 35.9 Å². The van der Waals surface area contributed by atoms with Crippen LogP contribution in [-0.2, 0) is 35.3 Å². The van der Waals surface area contributed by atoms with E-state index in [2.05, 4.69) is 21.3 Å². The van der Waals surface area contributed by atoms with Gasteiger partial charge in [-0.05, 0) is 32.8 Å². The molecule has 1 aromatic carbocycles. The van der Waals surface area contributed by atoms with Crippen LogP contribution in [0.2, 0.25) is 0 Å². The monoisotopic (exact) mass is 508 g/mol. The number of esters is 1. The molecule has 4 amide bonds. The third-order valence-electron chi connectivity index (χ3n) is 4.48. The number of carbonyl (C=O) groups excluding carboxylic acids is 5. The number of carbonyl (C=O) groups is 5. The fourth-order valence-corrected chi connectivity index (χ4v) is 2.82. The van der Waals surface area contributed by atoms with Gasteiger partial charge in [-0.25, -0.2) is 4.79 Å². The average molecular weight is 509 g/mol. The van der Waals surface area contributed by atoms with Crippen LogP contribution in [-0.4, -0.2) is 72.3 Å². The molecule has 5 N–H and O–H groups in total. The van der Waals surface area contributed by atoms with E-state index in [0.29, 0.717) is 6.42 Å². The molecule has 0 saturated heterocycles. The summed E-state index contributed by atoms with van der Waals surface area (Å²) in [6.07, 6.45) is -1.61. The predicted molar refractivity (Wildman–Crippen MR) is 129 cm³/mol. The van der Waals surface area contributed by atoms with Crippen molar-refractivity contribution in [1.29, 1.82) is 0 Å². The third-order valence-corrected chi connectivity index (χ3v) is 4.48. The molecule has 0 bridgehead atoms. The molecule has 0 fully saturated rings. The minimum absolute atomic E-state index is 0.0658. The number of alkyl carbamates (subject to hydrolysis) is 1. The van der Waals surface area contributed by atoms with Gasteiger partial charge < -0.3 is 35.8 Å². The highest BCUT2D eigenvalue weighted by atomic mass is 16.6. The lowest BCUT2D eigenvalue weighted by molar-refractivity contribution is -0.145. The summed E-state index contributed by atoms with van der Waals surface area (Å²) in [4.78, 5) is 59.8. The van der Waals surface area contributed by atoms with Crippen molar-refractivity contribution in [2.45, 2.75) is 64.9 Å². The quantitative estimate of drug-likeness (QED) is 0.234. The Balaban J connectivity index is 2.40. The maximum Gasteiger partial charge on any atom is 0.408 e. The van der Waals surface area contributed by atoms with Gasteiger partial charge in [0.05, 0.1) is 12.6 Å². The first-order chi connectivity index (χ1) is 16.9. The number of nitrogens with one attached hydrogen (secondary N) is 4. The van der Waals surface area contributed by atoms with Crippen LogP contribution in [0.5, 0.6) is 0 Å². The number of aliphatic hydroxyl groups excluding tert-OH is 1. The molecule has 12 heteroatoms. The van der Waals surface area contributed by atoms with E-state index in [0.717, 1.165) is 5.56 Å². The Morgan fingerprint density at radius 2 is 1.56 bits per heavy atom. The van der Waals surface area contributed by atoms with E-state index < -0.39 is 60.6 Å². The van der Waals surface area contributed by atoms with Gasteiger partial charge in [0, 0.05) is 0 Å². The minimum atomic E-state index is -1.64. The lowest BCUT2D eigenvalue weighted by Crippen LogP contribution is -2.53. The van der Waals surface area contributed by atoms with Crippen LogP contribution in [0.25, 0.3) is 0 Å². The molecule has 0 spiro atoms. The summed E-state index contributed by atoms with van der Waals surface area (Å²) in [6, 6.07) is 8.08. The number of ether oxygens (including phenoxy) is 2. The van der Waals surface area contributed by atoms with Crippen molar-refractivity contribution >= 4 is 29.8 Å². The predicted octanol–water partition coefficient (Wildman–Crippen LogP) is 0.133. The number of hydrogen-bond acceptors (Lipinski definition) is 8.